The molecular weight excluding hydrogens is 246 g/mol. The Morgan fingerprint density at radius 2 is 2.17 bits per heavy atom. The standard InChI is InChI=1S/C14H19NO2S/c1-11(16)18-10-14(17)9-15-7-6-12-4-2-3-5-13(12)8-15/h2-5,14,17H,6-10H2,1H3. The van der Waals surface area contributed by atoms with Crippen LogP contribution in [0, 0.1) is 0 Å². The molecule has 0 spiro atoms. The number of aliphatic hydroxyl groups excluding tert-OH is 1. The van der Waals surface area contributed by atoms with Crippen molar-refractivity contribution in [1.29, 1.82) is 0 Å². The van der Waals surface area contributed by atoms with E-state index in [2.05, 4.69) is 29.2 Å². The summed E-state index contributed by atoms with van der Waals surface area (Å²) < 4.78 is 0. The Bertz CT molecular complexity index is 422. The molecule has 98 valence electrons. The summed E-state index contributed by atoms with van der Waals surface area (Å²) in [5, 5.41) is 9.95. The SMILES string of the molecule is CC(=O)SCC(O)CN1CCc2ccccc2C1. The maximum atomic E-state index is 10.8. The molecule has 1 aromatic carbocycles. The largest absolute Gasteiger partial charge is 0.391 e. The van der Waals surface area contributed by atoms with Gasteiger partial charge in [-0.3, -0.25) is 9.69 Å². The van der Waals surface area contributed by atoms with Crippen molar-refractivity contribution >= 4 is 16.9 Å². The molecule has 3 nitrogen and oxygen atoms in total. The van der Waals surface area contributed by atoms with Gasteiger partial charge in [-0.1, -0.05) is 36.0 Å². The third kappa shape index (κ3) is 3.83. The summed E-state index contributed by atoms with van der Waals surface area (Å²) in [6.07, 6.45) is 0.618. The van der Waals surface area contributed by atoms with E-state index < -0.39 is 6.10 Å². The number of nitrogens with zero attached hydrogens (tertiary/aromatic N) is 1. The van der Waals surface area contributed by atoms with Crippen molar-refractivity contribution in [1.82, 2.24) is 4.90 Å². The zero-order valence-corrected chi connectivity index (χ0v) is 11.4. The third-order valence-corrected chi connectivity index (χ3v) is 4.12. The Balaban J connectivity index is 1.84. The molecule has 18 heavy (non-hydrogen) atoms. The number of fused-ring (bicyclic) bond motifs is 1. The van der Waals surface area contributed by atoms with Crippen molar-refractivity contribution in [3.8, 4) is 0 Å². The van der Waals surface area contributed by atoms with Crippen molar-refractivity contribution in [3.63, 3.8) is 0 Å². The Labute approximate surface area is 112 Å². The molecule has 0 radical (unpaired) electrons. The second-order valence-corrected chi connectivity index (χ2v) is 5.91. The smallest absolute Gasteiger partial charge is 0.185 e. The first-order chi connectivity index (χ1) is 8.65. The molecular formula is C14H19NO2S. The van der Waals surface area contributed by atoms with Gasteiger partial charge < -0.3 is 5.11 Å². The van der Waals surface area contributed by atoms with E-state index in [0.717, 1.165) is 19.5 Å². The van der Waals surface area contributed by atoms with Crippen molar-refractivity contribution in [2.45, 2.75) is 26.0 Å². The third-order valence-electron chi connectivity index (χ3n) is 3.16. The van der Waals surface area contributed by atoms with E-state index in [0.29, 0.717) is 12.3 Å². The normalized spacial score (nSPS) is 17.2. The molecule has 0 bridgehead atoms. The van der Waals surface area contributed by atoms with Crippen molar-refractivity contribution in [2.24, 2.45) is 0 Å². The summed E-state index contributed by atoms with van der Waals surface area (Å²) in [5.74, 6) is 0.494. The molecule has 2 rings (SSSR count). The van der Waals surface area contributed by atoms with E-state index in [4.69, 9.17) is 0 Å². The van der Waals surface area contributed by atoms with Crippen LogP contribution in [0.3, 0.4) is 0 Å². The maximum Gasteiger partial charge on any atom is 0.185 e. The molecule has 0 saturated carbocycles. The Hall–Kier alpha value is -0.840. The van der Waals surface area contributed by atoms with E-state index in [9.17, 15) is 9.90 Å². The van der Waals surface area contributed by atoms with E-state index in [1.54, 1.807) is 0 Å². The van der Waals surface area contributed by atoms with Crippen LogP contribution >= 0.6 is 11.8 Å². The summed E-state index contributed by atoms with van der Waals surface area (Å²) in [5.41, 5.74) is 2.77. The molecule has 0 aromatic heterocycles. The van der Waals surface area contributed by atoms with E-state index in [-0.39, 0.29) is 5.12 Å². The summed E-state index contributed by atoms with van der Waals surface area (Å²) >= 11 is 1.20. The lowest BCUT2D eigenvalue weighted by Crippen LogP contribution is -2.37. The van der Waals surface area contributed by atoms with Gasteiger partial charge in [0.05, 0.1) is 6.10 Å². The molecule has 0 fully saturated rings. The number of carbonyl (C=O) groups is 1. The van der Waals surface area contributed by atoms with E-state index >= 15 is 0 Å². The lowest BCUT2D eigenvalue weighted by Gasteiger charge is -2.30. The zero-order valence-electron chi connectivity index (χ0n) is 10.6. The minimum Gasteiger partial charge on any atom is -0.391 e. The lowest BCUT2D eigenvalue weighted by molar-refractivity contribution is -0.109. The van der Waals surface area contributed by atoms with Crippen LogP contribution in [-0.4, -0.2) is 40.1 Å². The zero-order chi connectivity index (χ0) is 13.0. The number of hydrogen-bond donors (Lipinski definition) is 1. The molecule has 0 aliphatic carbocycles. The predicted octanol–water partition coefficient (Wildman–Crippen LogP) is 1.69. The lowest BCUT2D eigenvalue weighted by atomic mass is 10.00. The number of carbonyl (C=O) groups excluding carboxylic acids is 1. The van der Waals surface area contributed by atoms with Crippen LogP contribution < -0.4 is 0 Å². The highest BCUT2D eigenvalue weighted by atomic mass is 32.2. The van der Waals surface area contributed by atoms with Gasteiger partial charge in [0.25, 0.3) is 0 Å². The highest BCUT2D eigenvalue weighted by Gasteiger charge is 2.18. The average Bonchev–Trinajstić information content (AvgIpc) is 2.36. The first-order valence-electron chi connectivity index (χ1n) is 6.25. The predicted molar refractivity (Wildman–Crippen MR) is 74.6 cm³/mol. The molecule has 1 N–H and O–H groups in total. The highest BCUT2D eigenvalue weighted by Crippen LogP contribution is 2.18. The van der Waals surface area contributed by atoms with E-state index in [1.807, 2.05) is 0 Å². The second kappa shape index (κ2) is 6.36. The molecule has 4 heteroatoms. The maximum absolute atomic E-state index is 10.8. The number of β-amino-alcohol motifs (C(OH)–C–C–N with tert-alkyl or cyclic N) is 1. The van der Waals surface area contributed by atoms with Crippen LogP contribution in [0.15, 0.2) is 24.3 Å². The highest BCUT2D eigenvalue weighted by molar-refractivity contribution is 8.13. The Morgan fingerprint density at radius 1 is 1.44 bits per heavy atom. The van der Waals surface area contributed by atoms with Crippen molar-refractivity contribution in [3.05, 3.63) is 35.4 Å². The molecule has 1 heterocycles. The Kier molecular flexibility index (Phi) is 4.80. The molecule has 1 unspecified atom stereocenters. The number of rotatable bonds is 4. The first-order valence-corrected chi connectivity index (χ1v) is 7.24. The quantitative estimate of drug-likeness (QED) is 0.899. The monoisotopic (exact) mass is 265 g/mol. The van der Waals surface area contributed by atoms with Crippen LogP contribution in [0.2, 0.25) is 0 Å². The fourth-order valence-electron chi connectivity index (χ4n) is 2.27. The summed E-state index contributed by atoms with van der Waals surface area (Å²) in [6.45, 7) is 4.07. The van der Waals surface area contributed by atoms with Gasteiger partial charge >= 0.3 is 0 Å². The minimum atomic E-state index is -0.427. The first kappa shape index (κ1) is 13.6. The fourth-order valence-corrected chi connectivity index (χ4v) is 2.81. The summed E-state index contributed by atoms with van der Waals surface area (Å²) in [7, 11) is 0. The topological polar surface area (TPSA) is 40.5 Å². The van der Waals surface area contributed by atoms with Gasteiger partial charge in [-0.05, 0) is 17.5 Å². The number of thioether (sulfide) groups is 1. The van der Waals surface area contributed by atoms with Gasteiger partial charge in [0.1, 0.15) is 0 Å². The fraction of sp³-hybridized carbons (Fsp3) is 0.500. The molecule has 1 aliphatic heterocycles. The number of hydrogen-bond acceptors (Lipinski definition) is 4. The van der Waals surface area contributed by atoms with Gasteiger partial charge in [-0.25, -0.2) is 0 Å². The summed E-state index contributed by atoms with van der Waals surface area (Å²) in [4.78, 5) is 13.1. The van der Waals surface area contributed by atoms with Crippen LogP contribution in [-0.2, 0) is 17.8 Å². The molecule has 1 atom stereocenters. The summed E-state index contributed by atoms with van der Waals surface area (Å²) in [6, 6.07) is 8.46. The molecule has 0 saturated heterocycles. The molecule has 0 amide bonds. The van der Waals surface area contributed by atoms with Crippen LogP contribution in [0.5, 0.6) is 0 Å². The van der Waals surface area contributed by atoms with Gasteiger partial charge in [0, 0.05) is 32.3 Å². The Morgan fingerprint density at radius 3 is 2.89 bits per heavy atom. The van der Waals surface area contributed by atoms with Crippen molar-refractivity contribution in [2.75, 3.05) is 18.8 Å². The van der Waals surface area contributed by atoms with Crippen LogP contribution in [0.25, 0.3) is 0 Å². The van der Waals surface area contributed by atoms with Gasteiger partial charge in [-0.15, -0.1) is 0 Å². The number of benzene rings is 1. The molecule has 1 aliphatic rings. The minimum absolute atomic E-state index is 0.0676. The van der Waals surface area contributed by atoms with Gasteiger partial charge in [-0.2, -0.15) is 0 Å². The average molecular weight is 265 g/mol. The van der Waals surface area contributed by atoms with E-state index in [1.165, 1.54) is 29.8 Å². The van der Waals surface area contributed by atoms with Gasteiger partial charge in [0.2, 0.25) is 0 Å². The molecule has 1 aromatic rings. The van der Waals surface area contributed by atoms with Gasteiger partial charge in [0.15, 0.2) is 5.12 Å². The van der Waals surface area contributed by atoms with Crippen LogP contribution in [0.1, 0.15) is 18.1 Å². The van der Waals surface area contributed by atoms with Crippen LogP contribution in [0.4, 0.5) is 0 Å². The number of aliphatic hydroxyl groups is 1. The van der Waals surface area contributed by atoms with Crippen molar-refractivity contribution < 1.29 is 9.90 Å². The second-order valence-electron chi connectivity index (χ2n) is 4.71.